The van der Waals surface area contributed by atoms with E-state index in [4.69, 9.17) is 19.6 Å². The van der Waals surface area contributed by atoms with E-state index in [-0.39, 0.29) is 12.7 Å². The third kappa shape index (κ3) is 3.74. The Labute approximate surface area is 194 Å². The molecule has 8 heteroatoms. The van der Waals surface area contributed by atoms with Gasteiger partial charge in [0.05, 0.1) is 17.6 Å². The van der Waals surface area contributed by atoms with Crippen molar-refractivity contribution in [2.45, 2.75) is 10.4 Å². The van der Waals surface area contributed by atoms with E-state index in [1.807, 2.05) is 66.9 Å². The molecule has 0 saturated heterocycles. The first-order valence-electron chi connectivity index (χ1n) is 10.4. The van der Waals surface area contributed by atoms with Gasteiger partial charge in [-0.25, -0.2) is 9.66 Å². The summed E-state index contributed by atoms with van der Waals surface area (Å²) in [5, 5.41) is 7.90. The Bertz CT molecular complexity index is 1370. The molecule has 0 saturated carbocycles. The van der Waals surface area contributed by atoms with Gasteiger partial charge in [0.2, 0.25) is 12.7 Å². The van der Waals surface area contributed by atoms with E-state index in [0.717, 1.165) is 16.8 Å². The van der Waals surface area contributed by atoms with Crippen LogP contribution in [-0.2, 0) is 4.79 Å². The van der Waals surface area contributed by atoms with Crippen LogP contribution in [-0.4, -0.2) is 33.3 Å². The average molecular weight is 455 g/mol. The molecule has 3 heterocycles. The van der Waals surface area contributed by atoms with Gasteiger partial charge in [-0.3, -0.25) is 4.79 Å². The fourth-order valence-corrected chi connectivity index (χ4v) is 4.79. The minimum absolute atomic E-state index is 0.183. The van der Waals surface area contributed by atoms with Crippen LogP contribution < -0.4 is 14.8 Å². The van der Waals surface area contributed by atoms with E-state index < -0.39 is 5.25 Å². The Morgan fingerprint density at radius 2 is 1.67 bits per heavy atom. The molecule has 1 atom stereocenters. The van der Waals surface area contributed by atoms with Crippen LogP contribution in [0, 0.1) is 0 Å². The second-order valence-electron chi connectivity index (χ2n) is 7.53. The zero-order valence-electron chi connectivity index (χ0n) is 17.3. The largest absolute Gasteiger partial charge is 0.454 e. The highest BCUT2D eigenvalue weighted by molar-refractivity contribution is 8.01. The van der Waals surface area contributed by atoms with Crippen LogP contribution in [0.3, 0.4) is 0 Å². The number of carbonyl (C=O) groups excluding carboxylic acids is 1. The average Bonchev–Trinajstić information content (AvgIpc) is 3.50. The fourth-order valence-electron chi connectivity index (χ4n) is 3.76. The number of ether oxygens (including phenoxy) is 2. The fraction of sp³-hybridized carbons (Fsp3) is 0.0800. The van der Waals surface area contributed by atoms with Crippen molar-refractivity contribution < 1.29 is 14.3 Å². The summed E-state index contributed by atoms with van der Waals surface area (Å²) in [6.07, 6.45) is 1.90. The van der Waals surface area contributed by atoms with E-state index in [9.17, 15) is 4.79 Å². The number of amides is 1. The van der Waals surface area contributed by atoms with Crippen LogP contribution in [0.1, 0.15) is 5.56 Å². The first kappa shape index (κ1) is 19.6. The van der Waals surface area contributed by atoms with Gasteiger partial charge in [-0.2, -0.15) is 5.10 Å². The summed E-state index contributed by atoms with van der Waals surface area (Å²) in [6, 6.07) is 25.0. The highest BCUT2D eigenvalue weighted by Gasteiger charge is 2.33. The number of imidazole rings is 1. The van der Waals surface area contributed by atoms with Crippen molar-refractivity contribution in [3.63, 3.8) is 0 Å². The maximum absolute atomic E-state index is 13.4. The van der Waals surface area contributed by atoms with E-state index in [2.05, 4.69) is 5.32 Å². The number of carbonyl (C=O) groups is 1. The van der Waals surface area contributed by atoms with Gasteiger partial charge in [-0.15, -0.1) is 0 Å². The zero-order valence-corrected chi connectivity index (χ0v) is 18.2. The predicted octanol–water partition coefficient (Wildman–Crippen LogP) is 4.64. The first-order valence-corrected chi connectivity index (χ1v) is 11.3. The van der Waals surface area contributed by atoms with Gasteiger partial charge < -0.3 is 14.8 Å². The van der Waals surface area contributed by atoms with Crippen molar-refractivity contribution in [1.82, 2.24) is 9.66 Å². The van der Waals surface area contributed by atoms with Crippen LogP contribution in [0.4, 0.5) is 5.69 Å². The molecule has 7 nitrogen and oxygen atoms in total. The molecule has 162 valence electrons. The Morgan fingerprint density at radius 3 is 2.45 bits per heavy atom. The summed E-state index contributed by atoms with van der Waals surface area (Å²) in [6.45, 7) is 0.183. The van der Waals surface area contributed by atoms with Gasteiger partial charge in [-0.1, -0.05) is 72.4 Å². The Kier molecular flexibility index (Phi) is 4.84. The lowest BCUT2D eigenvalue weighted by molar-refractivity contribution is -0.114. The van der Waals surface area contributed by atoms with Crippen LogP contribution in [0.2, 0.25) is 0 Å². The number of benzene rings is 3. The molecule has 1 N–H and O–H groups in total. The summed E-state index contributed by atoms with van der Waals surface area (Å²) >= 11 is 1.38. The van der Waals surface area contributed by atoms with Crippen LogP contribution >= 0.6 is 11.8 Å². The maximum atomic E-state index is 13.4. The standard InChI is InChI=1S/C25H18N4O3S/c30-24(26-18-11-12-20-21(13-18)32-15-31-20)23-22(17-9-5-2-6-10-17)28-29-14-19(27-25(29)33-23)16-7-3-1-4-8-16/h1-14,23H,15H2,(H,26,30)/t23-/m0/s1. The molecule has 3 aromatic carbocycles. The van der Waals surface area contributed by atoms with Gasteiger partial charge in [0.15, 0.2) is 16.7 Å². The minimum Gasteiger partial charge on any atom is -0.454 e. The number of fused-ring (bicyclic) bond motifs is 2. The SMILES string of the molecule is O=C(Nc1ccc2c(c1)OCO2)[C@H]1Sc2nc(-c3ccccc3)cn2N=C1c1ccccc1. The van der Waals surface area contributed by atoms with E-state index >= 15 is 0 Å². The van der Waals surface area contributed by atoms with Crippen molar-refractivity contribution >= 4 is 29.1 Å². The van der Waals surface area contributed by atoms with E-state index in [1.54, 1.807) is 22.9 Å². The molecule has 0 fully saturated rings. The van der Waals surface area contributed by atoms with E-state index in [1.165, 1.54) is 11.8 Å². The molecule has 4 aromatic rings. The van der Waals surface area contributed by atoms with Crippen LogP contribution in [0.25, 0.3) is 11.3 Å². The molecule has 0 spiro atoms. The summed E-state index contributed by atoms with van der Waals surface area (Å²) in [4.78, 5) is 18.2. The summed E-state index contributed by atoms with van der Waals surface area (Å²) in [5.74, 6) is 1.10. The second-order valence-corrected chi connectivity index (χ2v) is 8.60. The lowest BCUT2D eigenvalue weighted by atomic mass is 10.1. The normalized spacial score (nSPS) is 16.1. The number of nitrogens with zero attached hydrogens (tertiary/aromatic N) is 3. The highest BCUT2D eigenvalue weighted by atomic mass is 32.2. The maximum Gasteiger partial charge on any atom is 0.244 e. The third-order valence-electron chi connectivity index (χ3n) is 5.36. The summed E-state index contributed by atoms with van der Waals surface area (Å²) in [5.41, 5.74) is 4.00. The quantitative estimate of drug-likeness (QED) is 0.486. The molecular weight excluding hydrogens is 436 g/mol. The number of nitrogens with one attached hydrogen (secondary N) is 1. The van der Waals surface area contributed by atoms with Crippen molar-refractivity contribution in [2.24, 2.45) is 5.10 Å². The zero-order chi connectivity index (χ0) is 22.2. The molecule has 0 aliphatic carbocycles. The third-order valence-corrected chi connectivity index (χ3v) is 6.52. The molecule has 1 amide bonds. The van der Waals surface area contributed by atoms with Crippen molar-refractivity contribution in [2.75, 3.05) is 12.1 Å². The first-order chi connectivity index (χ1) is 16.2. The Balaban J connectivity index is 1.35. The number of aromatic nitrogens is 2. The topological polar surface area (TPSA) is 77.7 Å². The summed E-state index contributed by atoms with van der Waals surface area (Å²) < 4.78 is 12.5. The number of anilines is 1. The van der Waals surface area contributed by atoms with Crippen molar-refractivity contribution in [3.05, 3.63) is 90.6 Å². The molecule has 33 heavy (non-hydrogen) atoms. The van der Waals surface area contributed by atoms with Crippen LogP contribution in [0.15, 0.2) is 95.3 Å². The smallest absolute Gasteiger partial charge is 0.244 e. The molecule has 2 aliphatic heterocycles. The Morgan fingerprint density at radius 1 is 0.939 bits per heavy atom. The molecule has 6 rings (SSSR count). The molecule has 0 bridgehead atoms. The predicted molar refractivity (Wildman–Crippen MR) is 127 cm³/mol. The minimum atomic E-state index is -0.573. The van der Waals surface area contributed by atoms with Gasteiger partial charge >= 0.3 is 0 Å². The van der Waals surface area contributed by atoms with Gasteiger partial charge in [0.25, 0.3) is 0 Å². The lowest BCUT2D eigenvalue weighted by Crippen LogP contribution is -2.35. The van der Waals surface area contributed by atoms with Crippen LogP contribution in [0.5, 0.6) is 11.5 Å². The summed E-state index contributed by atoms with van der Waals surface area (Å²) in [7, 11) is 0. The Hall–Kier alpha value is -4.04. The molecule has 2 aliphatic rings. The number of thioether (sulfide) groups is 1. The second kappa shape index (κ2) is 8.14. The molecule has 0 radical (unpaired) electrons. The monoisotopic (exact) mass is 454 g/mol. The number of hydrogen-bond acceptors (Lipinski definition) is 6. The highest BCUT2D eigenvalue weighted by Crippen LogP contribution is 2.36. The molecule has 0 unspecified atom stereocenters. The van der Waals surface area contributed by atoms with Crippen molar-refractivity contribution in [1.29, 1.82) is 0 Å². The van der Waals surface area contributed by atoms with Gasteiger partial charge in [0.1, 0.15) is 5.25 Å². The number of rotatable bonds is 4. The lowest BCUT2D eigenvalue weighted by Gasteiger charge is -2.22. The molecule has 1 aromatic heterocycles. The number of hydrogen-bond donors (Lipinski definition) is 1. The van der Waals surface area contributed by atoms with Gasteiger partial charge in [-0.05, 0) is 17.7 Å². The van der Waals surface area contributed by atoms with E-state index in [0.29, 0.717) is 28.1 Å². The van der Waals surface area contributed by atoms with Gasteiger partial charge in [0, 0.05) is 17.3 Å². The molecular formula is C25H18N4O3S. The van der Waals surface area contributed by atoms with Crippen molar-refractivity contribution in [3.8, 4) is 22.8 Å².